The molecule has 0 amide bonds. The quantitative estimate of drug-likeness (QED) is 0.791. The number of carbonyl (C=O) groups excluding carboxylic acids is 2. The lowest BCUT2D eigenvalue weighted by Gasteiger charge is -2.17. The molecule has 0 fully saturated rings. The van der Waals surface area contributed by atoms with E-state index in [0.717, 1.165) is 24.8 Å². The van der Waals surface area contributed by atoms with Gasteiger partial charge in [0.15, 0.2) is 0 Å². The molecule has 5 nitrogen and oxygen atoms in total. The number of benzene rings is 1. The van der Waals surface area contributed by atoms with Crippen molar-refractivity contribution < 1.29 is 24.2 Å². The highest BCUT2D eigenvalue weighted by Gasteiger charge is 2.22. The average molecular weight is 334 g/mol. The Balaban J connectivity index is 2.26. The SMILES string of the molecule is COc1cc(O)c2c(c1)CCCCCC(=O)CCC[C@H](C)OC2=O. The van der Waals surface area contributed by atoms with Crippen LogP contribution in [0.1, 0.15) is 67.8 Å². The van der Waals surface area contributed by atoms with Crippen molar-refractivity contribution in [2.45, 2.75) is 64.4 Å². The second-order valence-corrected chi connectivity index (χ2v) is 6.39. The van der Waals surface area contributed by atoms with E-state index in [4.69, 9.17) is 9.47 Å². The molecular weight excluding hydrogens is 308 g/mol. The molecule has 1 heterocycles. The molecule has 0 aromatic heterocycles. The maximum Gasteiger partial charge on any atom is 0.342 e. The van der Waals surface area contributed by atoms with Gasteiger partial charge in [0, 0.05) is 18.9 Å². The van der Waals surface area contributed by atoms with Gasteiger partial charge in [-0.2, -0.15) is 0 Å². The van der Waals surface area contributed by atoms with E-state index >= 15 is 0 Å². The number of fused-ring (bicyclic) bond motifs is 1. The highest BCUT2D eigenvalue weighted by molar-refractivity contribution is 5.94. The molecule has 1 N–H and O–H groups in total. The number of cyclic esters (lactones) is 1. The van der Waals surface area contributed by atoms with Crippen LogP contribution in [0, 0.1) is 0 Å². The van der Waals surface area contributed by atoms with Gasteiger partial charge in [-0.1, -0.05) is 6.42 Å². The van der Waals surface area contributed by atoms with E-state index in [9.17, 15) is 14.7 Å². The molecule has 1 aromatic rings. The molecule has 0 aliphatic carbocycles. The number of ether oxygens (including phenoxy) is 2. The Morgan fingerprint density at radius 1 is 1.08 bits per heavy atom. The topological polar surface area (TPSA) is 72.8 Å². The fourth-order valence-electron chi connectivity index (χ4n) is 3.03. The van der Waals surface area contributed by atoms with Crippen LogP contribution in [0.2, 0.25) is 0 Å². The normalized spacial score (nSPS) is 20.7. The number of phenolic OH excluding ortho intramolecular Hbond substituents is 1. The van der Waals surface area contributed by atoms with Crippen LogP contribution in [-0.4, -0.2) is 30.1 Å². The van der Waals surface area contributed by atoms with Crippen molar-refractivity contribution in [2.24, 2.45) is 0 Å². The summed E-state index contributed by atoms with van der Waals surface area (Å²) in [5.74, 6) is 0.179. The Hall–Kier alpha value is -2.04. The first-order valence-corrected chi connectivity index (χ1v) is 8.64. The van der Waals surface area contributed by atoms with Gasteiger partial charge in [0.05, 0.1) is 13.2 Å². The third-order valence-corrected chi connectivity index (χ3v) is 4.39. The third-order valence-electron chi connectivity index (χ3n) is 4.39. The van der Waals surface area contributed by atoms with Gasteiger partial charge in [-0.15, -0.1) is 0 Å². The number of ketones is 1. The van der Waals surface area contributed by atoms with Crippen molar-refractivity contribution in [3.63, 3.8) is 0 Å². The van der Waals surface area contributed by atoms with Crippen LogP contribution in [-0.2, 0) is 16.0 Å². The van der Waals surface area contributed by atoms with Gasteiger partial charge in [0.25, 0.3) is 0 Å². The van der Waals surface area contributed by atoms with Crippen molar-refractivity contribution >= 4 is 11.8 Å². The molecule has 24 heavy (non-hydrogen) atoms. The number of rotatable bonds is 1. The summed E-state index contributed by atoms with van der Waals surface area (Å²) >= 11 is 0. The van der Waals surface area contributed by atoms with E-state index < -0.39 is 5.97 Å². The van der Waals surface area contributed by atoms with Crippen LogP contribution in [0.3, 0.4) is 0 Å². The lowest BCUT2D eigenvalue weighted by molar-refractivity contribution is -0.119. The van der Waals surface area contributed by atoms with Crippen LogP contribution >= 0.6 is 0 Å². The minimum atomic E-state index is -0.513. The van der Waals surface area contributed by atoms with E-state index in [1.54, 1.807) is 6.07 Å². The average Bonchev–Trinajstić information content (AvgIpc) is 2.53. The molecular formula is C19H26O5. The second-order valence-electron chi connectivity index (χ2n) is 6.39. The fourth-order valence-corrected chi connectivity index (χ4v) is 3.03. The number of Topliss-reactive ketones (excluding diaryl/α,β-unsaturated/α-hetero) is 1. The highest BCUT2D eigenvalue weighted by atomic mass is 16.5. The molecule has 1 aromatic carbocycles. The number of esters is 1. The minimum absolute atomic E-state index is 0.108. The minimum Gasteiger partial charge on any atom is -0.507 e. The van der Waals surface area contributed by atoms with Crippen LogP contribution < -0.4 is 4.74 Å². The molecule has 0 spiro atoms. The Labute approximate surface area is 143 Å². The summed E-state index contributed by atoms with van der Waals surface area (Å²) in [4.78, 5) is 24.3. The summed E-state index contributed by atoms with van der Waals surface area (Å²) in [6.45, 7) is 1.81. The van der Waals surface area contributed by atoms with Gasteiger partial charge in [0.1, 0.15) is 22.8 Å². The summed E-state index contributed by atoms with van der Waals surface area (Å²) in [5, 5.41) is 10.2. The van der Waals surface area contributed by atoms with Crippen molar-refractivity contribution in [3.05, 3.63) is 23.3 Å². The second kappa shape index (κ2) is 8.71. The fraction of sp³-hybridized carbons (Fsp3) is 0.579. The molecule has 0 saturated carbocycles. The smallest absolute Gasteiger partial charge is 0.342 e. The Kier molecular flexibility index (Phi) is 6.64. The first-order chi connectivity index (χ1) is 11.5. The molecule has 2 rings (SSSR count). The highest BCUT2D eigenvalue weighted by Crippen LogP contribution is 2.30. The lowest BCUT2D eigenvalue weighted by Crippen LogP contribution is -2.17. The van der Waals surface area contributed by atoms with Gasteiger partial charge >= 0.3 is 5.97 Å². The lowest BCUT2D eigenvalue weighted by atomic mass is 9.98. The molecule has 0 saturated heterocycles. The molecule has 5 heteroatoms. The molecule has 132 valence electrons. The van der Waals surface area contributed by atoms with Crippen LogP contribution in [0.5, 0.6) is 11.5 Å². The van der Waals surface area contributed by atoms with Gasteiger partial charge < -0.3 is 14.6 Å². The van der Waals surface area contributed by atoms with E-state index in [1.807, 2.05) is 6.92 Å². The van der Waals surface area contributed by atoms with E-state index in [2.05, 4.69) is 0 Å². The third kappa shape index (κ3) is 4.98. The summed E-state index contributed by atoms with van der Waals surface area (Å²) in [6.07, 6.45) is 5.48. The zero-order valence-corrected chi connectivity index (χ0v) is 14.5. The molecule has 1 aliphatic rings. The number of hydrogen-bond acceptors (Lipinski definition) is 5. The zero-order chi connectivity index (χ0) is 17.5. The molecule has 0 bridgehead atoms. The predicted molar refractivity (Wildman–Crippen MR) is 90.6 cm³/mol. The molecule has 0 radical (unpaired) electrons. The Bertz CT molecular complexity index is 594. The number of carbonyl (C=O) groups is 2. The zero-order valence-electron chi connectivity index (χ0n) is 14.5. The van der Waals surface area contributed by atoms with Gasteiger partial charge in [-0.3, -0.25) is 4.79 Å². The van der Waals surface area contributed by atoms with Crippen molar-refractivity contribution in [3.8, 4) is 11.5 Å². The summed E-state index contributed by atoms with van der Waals surface area (Å²) in [7, 11) is 1.52. The van der Waals surface area contributed by atoms with Crippen molar-refractivity contribution in [2.75, 3.05) is 7.11 Å². The van der Waals surface area contributed by atoms with Crippen LogP contribution in [0.25, 0.3) is 0 Å². The predicted octanol–water partition coefficient (Wildman–Crippen LogP) is 3.80. The van der Waals surface area contributed by atoms with Crippen molar-refractivity contribution in [1.82, 2.24) is 0 Å². The Morgan fingerprint density at radius 3 is 2.54 bits per heavy atom. The number of hydrogen-bond donors (Lipinski definition) is 1. The molecule has 1 atom stereocenters. The van der Waals surface area contributed by atoms with E-state index in [0.29, 0.717) is 37.9 Å². The number of methoxy groups -OCH3 is 1. The number of aromatic hydroxyl groups is 1. The van der Waals surface area contributed by atoms with E-state index in [1.165, 1.54) is 13.2 Å². The van der Waals surface area contributed by atoms with Crippen molar-refractivity contribution in [1.29, 1.82) is 0 Å². The summed E-state index contributed by atoms with van der Waals surface area (Å²) in [5.41, 5.74) is 0.961. The van der Waals surface area contributed by atoms with Gasteiger partial charge in [0.2, 0.25) is 0 Å². The Morgan fingerprint density at radius 2 is 1.79 bits per heavy atom. The summed E-state index contributed by atoms with van der Waals surface area (Å²) < 4.78 is 10.6. The van der Waals surface area contributed by atoms with Crippen LogP contribution in [0.15, 0.2) is 12.1 Å². The maximum atomic E-state index is 12.5. The van der Waals surface area contributed by atoms with Gasteiger partial charge in [-0.05, 0) is 50.7 Å². The standard InChI is InChI=1S/C19H26O5/c1-13-7-6-10-15(20)9-5-3-4-8-14-11-16(23-2)12-17(21)18(14)19(22)24-13/h11-13,21H,3-10H2,1-2H3/t13-/m0/s1. The van der Waals surface area contributed by atoms with E-state index in [-0.39, 0.29) is 23.2 Å². The molecule has 1 aliphatic heterocycles. The molecule has 0 unspecified atom stereocenters. The number of aryl methyl sites for hydroxylation is 1. The number of phenols is 1. The monoisotopic (exact) mass is 334 g/mol. The summed E-state index contributed by atoms with van der Waals surface area (Å²) in [6, 6.07) is 3.21. The first-order valence-electron chi connectivity index (χ1n) is 8.64. The van der Waals surface area contributed by atoms with Crippen LogP contribution in [0.4, 0.5) is 0 Å². The van der Waals surface area contributed by atoms with Gasteiger partial charge in [-0.25, -0.2) is 4.79 Å². The largest absolute Gasteiger partial charge is 0.507 e. The maximum absolute atomic E-state index is 12.5. The first kappa shape index (κ1) is 18.3.